The first-order valence-corrected chi connectivity index (χ1v) is 6.24. The number of carbonyl (C=O) groups is 1. The fourth-order valence-corrected chi connectivity index (χ4v) is 1.76. The van der Waals surface area contributed by atoms with Crippen molar-refractivity contribution in [2.75, 3.05) is 5.73 Å². The molecule has 98 valence electrons. The quantitative estimate of drug-likeness (QED) is 0.791. The second-order valence-electron chi connectivity index (χ2n) is 5.84. The minimum atomic E-state index is -0.478. The molecule has 1 aliphatic rings. The molecule has 1 aliphatic carbocycles. The molecule has 4 heteroatoms. The van der Waals surface area contributed by atoms with Crippen LogP contribution in [0.3, 0.4) is 0 Å². The van der Waals surface area contributed by atoms with Crippen molar-refractivity contribution in [3.8, 4) is 5.75 Å². The van der Waals surface area contributed by atoms with Crippen molar-refractivity contribution in [1.29, 1.82) is 0 Å². The molecule has 1 aromatic rings. The average molecular weight is 248 g/mol. The summed E-state index contributed by atoms with van der Waals surface area (Å²) >= 11 is 0. The van der Waals surface area contributed by atoms with Gasteiger partial charge in [0, 0.05) is 5.54 Å². The monoisotopic (exact) mass is 248 g/mol. The Morgan fingerprint density at radius 3 is 2.56 bits per heavy atom. The molecule has 0 heterocycles. The molecule has 0 bridgehead atoms. The molecule has 1 fully saturated rings. The summed E-state index contributed by atoms with van der Waals surface area (Å²) in [5.74, 6) is 1.06. The Morgan fingerprint density at radius 1 is 1.39 bits per heavy atom. The zero-order valence-corrected chi connectivity index (χ0v) is 11.1. The SMILES string of the molecule is CC(C)(C)NC(=O)Oc1ccc(C2CC2)cc1N. The lowest BCUT2D eigenvalue weighted by Crippen LogP contribution is -2.42. The maximum absolute atomic E-state index is 11.6. The summed E-state index contributed by atoms with van der Waals surface area (Å²) in [6, 6.07) is 5.65. The van der Waals surface area contributed by atoms with E-state index in [0.717, 1.165) is 0 Å². The number of anilines is 1. The van der Waals surface area contributed by atoms with Crippen molar-refractivity contribution in [2.45, 2.75) is 45.1 Å². The standard InChI is InChI=1S/C14H20N2O2/c1-14(2,3)16-13(17)18-12-7-6-10(8-11(12)15)9-4-5-9/h6-9H,4-5,15H2,1-3H3,(H,16,17). The van der Waals surface area contributed by atoms with Gasteiger partial charge in [0.15, 0.2) is 5.75 Å². The highest BCUT2D eigenvalue weighted by Crippen LogP contribution is 2.41. The van der Waals surface area contributed by atoms with Crippen LogP contribution in [0.5, 0.6) is 5.75 Å². The van der Waals surface area contributed by atoms with Crippen LogP contribution < -0.4 is 15.8 Å². The number of nitrogens with two attached hydrogens (primary N) is 1. The number of nitrogens with one attached hydrogen (secondary N) is 1. The minimum absolute atomic E-state index is 0.320. The van der Waals surface area contributed by atoms with Gasteiger partial charge in [0.1, 0.15) is 0 Å². The third kappa shape index (κ3) is 3.39. The van der Waals surface area contributed by atoms with Crippen LogP contribution in [0, 0.1) is 0 Å². The lowest BCUT2D eigenvalue weighted by Gasteiger charge is -2.20. The molecule has 2 rings (SSSR count). The summed E-state index contributed by atoms with van der Waals surface area (Å²) in [7, 11) is 0. The number of ether oxygens (including phenoxy) is 1. The maximum Gasteiger partial charge on any atom is 0.413 e. The van der Waals surface area contributed by atoms with E-state index in [-0.39, 0.29) is 5.54 Å². The van der Waals surface area contributed by atoms with Crippen LogP contribution >= 0.6 is 0 Å². The summed E-state index contributed by atoms with van der Waals surface area (Å²) in [6.07, 6.45) is 1.97. The van der Waals surface area contributed by atoms with Crippen LogP contribution in [-0.4, -0.2) is 11.6 Å². The first-order valence-electron chi connectivity index (χ1n) is 6.24. The smallest absolute Gasteiger partial charge is 0.408 e. The van der Waals surface area contributed by atoms with Crippen LogP contribution in [0.2, 0.25) is 0 Å². The molecule has 0 radical (unpaired) electrons. The molecule has 0 saturated heterocycles. The first-order chi connectivity index (χ1) is 8.35. The number of hydrogen-bond acceptors (Lipinski definition) is 3. The summed E-state index contributed by atoms with van der Waals surface area (Å²) < 4.78 is 5.20. The van der Waals surface area contributed by atoms with Crippen LogP contribution in [0.1, 0.15) is 45.1 Å². The van der Waals surface area contributed by atoms with Gasteiger partial charge < -0.3 is 15.8 Å². The van der Waals surface area contributed by atoms with Gasteiger partial charge in [-0.2, -0.15) is 0 Å². The Kier molecular flexibility index (Phi) is 3.20. The largest absolute Gasteiger partial charge is 0.413 e. The maximum atomic E-state index is 11.6. The van der Waals surface area contributed by atoms with E-state index in [4.69, 9.17) is 10.5 Å². The summed E-state index contributed by atoms with van der Waals surface area (Å²) in [4.78, 5) is 11.6. The number of nitrogen functional groups attached to an aromatic ring is 1. The van der Waals surface area contributed by atoms with Gasteiger partial charge >= 0.3 is 6.09 Å². The summed E-state index contributed by atoms with van der Waals surface area (Å²) in [6.45, 7) is 5.69. The van der Waals surface area contributed by atoms with E-state index in [0.29, 0.717) is 17.4 Å². The zero-order chi connectivity index (χ0) is 13.3. The van der Waals surface area contributed by atoms with Crippen molar-refractivity contribution in [1.82, 2.24) is 5.32 Å². The van der Waals surface area contributed by atoms with E-state index in [1.54, 1.807) is 6.07 Å². The summed E-state index contributed by atoms with van der Waals surface area (Å²) in [5, 5.41) is 2.73. The lowest BCUT2D eigenvalue weighted by molar-refractivity contribution is 0.191. The number of amides is 1. The van der Waals surface area contributed by atoms with Crippen molar-refractivity contribution < 1.29 is 9.53 Å². The molecule has 0 spiro atoms. The van der Waals surface area contributed by atoms with Gasteiger partial charge in [0.2, 0.25) is 0 Å². The minimum Gasteiger partial charge on any atom is -0.408 e. The van der Waals surface area contributed by atoms with Crippen LogP contribution in [0.15, 0.2) is 18.2 Å². The van der Waals surface area contributed by atoms with Gasteiger partial charge in [0.25, 0.3) is 0 Å². The van der Waals surface area contributed by atoms with Gasteiger partial charge in [0.05, 0.1) is 5.69 Å². The third-order valence-electron chi connectivity index (χ3n) is 2.76. The normalized spacial score (nSPS) is 15.3. The fraction of sp³-hybridized carbons (Fsp3) is 0.500. The predicted molar refractivity (Wildman–Crippen MR) is 71.7 cm³/mol. The number of hydrogen-bond donors (Lipinski definition) is 2. The number of carbonyl (C=O) groups excluding carboxylic acids is 1. The average Bonchev–Trinajstić information content (AvgIpc) is 3.01. The molecule has 0 atom stereocenters. The van der Waals surface area contributed by atoms with Gasteiger partial charge in [-0.1, -0.05) is 6.07 Å². The lowest BCUT2D eigenvalue weighted by atomic mass is 10.1. The van der Waals surface area contributed by atoms with Gasteiger partial charge in [-0.3, -0.25) is 0 Å². The molecule has 3 N–H and O–H groups in total. The third-order valence-corrected chi connectivity index (χ3v) is 2.76. The second-order valence-corrected chi connectivity index (χ2v) is 5.84. The second kappa shape index (κ2) is 4.52. The van der Waals surface area contributed by atoms with E-state index in [1.807, 2.05) is 32.9 Å². The highest BCUT2D eigenvalue weighted by Gasteiger charge is 2.24. The molecule has 0 aliphatic heterocycles. The Bertz CT molecular complexity index is 459. The van der Waals surface area contributed by atoms with Crippen molar-refractivity contribution in [3.05, 3.63) is 23.8 Å². The number of rotatable bonds is 2. The van der Waals surface area contributed by atoms with Crippen LogP contribution in [0.25, 0.3) is 0 Å². The van der Waals surface area contributed by atoms with Crippen molar-refractivity contribution >= 4 is 11.8 Å². The predicted octanol–water partition coefficient (Wildman–Crippen LogP) is 3.03. The Labute approximate surface area is 108 Å². The molecule has 1 amide bonds. The Hall–Kier alpha value is -1.71. The van der Waals surface area contributed by atoms with Gasteiger partial charge in [-0.05, 0) is 57.2 Å². The highest BCUT2D eigenvalue weighted by atomic mass is 16.6. The molecular weight excluding hydrogens is 228 g/mol. The molecule has 4 nitrogen and oxygen atoms in total. The first kappa shape index (κ1) is 12.7. The van der Waals surface area contributed by atoms with E-state index < -0.39 is 6.09 Å². The Balaban J connectivity index is 2.03. The molecular formula is C14H20N2O2. The topological polar surface area (TPSA) is 64.3 Å². The van der Waals surface area contributed by atoms with E-state index in [9.17, 15) is 4.79 Å². The van der Waals surface area contributed by atoms with E-state index in [2.05, 4.69) is 5.32 Å². The summed E-state index contributed by atoms with van der Waals surface area (Å²) in [5.41, 5.74) is 7.32. The Morgan fingerprint density at radius 2 is 2.06 bits per heavy atom. The van der Waals surface area contributed by atoms with Crippen LogP contribution in [-0.2, 0) is 0 Å². The molecule has 0 aromatic heterocycles. The molecule has 0 unspecified atom stereocenters. The number of benzene rings is 1. The van der Waals surface area contributed by atoms with Gasteiger partial charge in [-0.15, -0.1) is 0 Å². The molecule has 18 heavy (non-hydrogen) atoms. The van der Waals surface area contributed by atoms with E-state index >= 15 is 0 Å². The van der Waals surface area contributed by atoms with Gasteiger partial charge in [-0.25, -0.2) is 4.79 Å². The molecule has 1 saturated carbocycles. The zero-order valence-electron chi connectivity index (χ0n) is 11.1. The molecule has 1 aromatic carbocycles. The van der Waals surface area contributed by atoms with Crippen molar-refractivity contribution in [3.63, 3.8) is 0 Å². The fourth-order valence-electron chi connectivity index (χ4n) is 1.76. The van der Waals surface area contributed by atoms with Crippen LogP contribution in [0.4, 0.5) is 10.5 Å². The highest BCUT2D eigenvalue weighted by molar-refractivity contribution is 5.73. The van der Waals surface area contributed by atoms with E-state index in [1.165, 1.54) is 18.4 Å². The van der Waals surface area contributed by atoms with Crippen molar-refractivity contribution in [2.24, 2.45) is 0 Å².